The Bertz CT molecular complexity index is 807. The van der Waals surface area contributed by atoms with Gasteiger partial charge in [0.15, 0.2) is 0 Å². The van der Waals surface area contributed by atoms with Crippen LogP contribution >= 0.6 is 0 Å². The third-order valence-corrected chi connectivity index (χ3v) is 4.62. The third kappa shape index (κ3) is 4.69. The molecule has 2 rings (SSSR count). The molecule has 0 aliphatic heterocycles. The zero-order valence-electron chi connectivity index (χ0n) is 12.6. The van der Waals surface area contributed by atoms with Crippen LogP contribution in [0, 0.1) is 0 Å². The van der Waals surface area contributed by atoms with Crippen LogP contribution in [-0.2, 0) is 21.2 Å². The number of rotatable bonds is 6. The molecule has 0 amide bonds. The number of aliphatic carboxylic acids is 1. The highest BCUT2D eigenvalue weighted by molar-refractivity contribution is 7.92. The van der Waals surface area contributed by atoms with Gasteiger partial charge >= 0.3 is 5.97 Å². The number of carboxylic acids is 1. The zero-order chi connectivity index (χ0) is 16.9. The first-order valence-electron chi connectivity index (χ1n) is 7.03. The quantitative estimate of drug-likeness (QED) is 0.797. The number of hydrogen-bond donors (Lipinski definition) is 2. The van der Waals surface area contributed by atoms with E-state index in [2.05, 4.69) is 4.72 Å². The summed E-state index contributed by atoms with van der Waals surface area (Å²) in [5, 5.41) is 8.57. The number of hydrogen-bond acceptors (Lipinski definition) is 3. The predicted octanol–water partition coefficient (Wildman–Crippen LogP) is 3.15. The molecule has 0 saturated heterocycles. The van der Waals surface area contributed by atoms with Gasteiger partial charge in [-0.2, -0.15) is 0 Å². The summed E-state index contributed by atoms with van der Waals surface area (Å²) in [5.74, 6) is -1.06. The molecular weight excluding hydrogens is 314 g/mol. The minimum Gasteiger partial charge on any atom is -0.478 e. The molecule has 0 heterocycles. The van der Waals surface area contributed by atoms with Crippen molar-refractivity contribution in [2.24, 2.45) is 0 Å². The fourth-order valence-corrected chi connectivity index (χ4v) is 3.01. The van der Waals surface area contributed by atoms with E-state index in [-0.39, 0.29) is 4.90 Å². The highest BCUT2D eigenvalue weighted by Gasteiger charge is 2.13. The molecule has 6 heteroatoms. The molecule has 0 aliphatic rings. The Balaban J connectivity index is 2.16. The van der Waals surface area contributed by atoms with Gasteiger partial charge in [0, 0.05) is 11.8 Å². The van der Waals surface area contributed by atoms with Gasteiger partial charge in [0.1, 0.15) is 0 Å². The van der Waals surface area contributed by atoms with E-state index >= 15 is 0 Å². The van der Waals surface area contributed by atoms with E-state index in [1.165, 1.54) is 18.2 Å². The van der Waals surface area contributed by atoms with Crippen molar-refractivity contribution in [3.05, 3.63) is 65.7 Å². The van der Waals surface area contributed by atoms with Crippen LogP contribution in [0.25, 0.3) is 6.08 Å². The number of aryl methyl sites for hydroxylation is 1. The minimum atomic E-state index is -3.67. The monoisotopic (exact) mass is 331 g/mol. The standard InChI is InChI=1S/C17H17NO4S/c1-2-13-3-8-15(9-4-13)18-23(21,22)16-10-5-14(6-11-16)7-12-17(19)20/h3-12,18H,2H2,1H3,(H,19,20). The van der Waals surface area contributed by atoms with Crippen LogP contribution in [0.3, 0.4) is 0 Å². The molecule has 0 spiro atoms. The van der Waals surface area contributed by atoms with Gasteiger partial charge in [0.2, 0.25) is 0 Å². The molecule has 0 bridgehead atoms. The molecule has 0 aromatic heterocycles. The maximum absolute atomic E-state index is 12.3. The maximum Gasteiger partial charge on any atom is 0.328 e. The molecule has 23 heavy (non-hydrogen) atoms. The molecule has 120 valence electrons. The van der Waals surface area contributed by atoms with Gasteiger partial charge in [-0.05, 0) is 47.9 Å². The second kappa shape index (κ2) is 7.11. The van der Waals surface area contributed by atoms with Gasteiger partial charge < -0.3 is 5.11 Å². The molecule has 0 fully saturated rings. The van der Waals surface area contributed by atoms with Crippen molar-refractivity contribution in [1.82, 2.24) is 0 Å². The van der Waals surface area contributed by atoms with Crippen molar-refractivity contribution in [3.63, 3.8) is 0 Å². The second-order valence-corrected chi connectivity index (χ2v) is 6.58. The minimum absolute atomic E-state index is 0.115. The van der Waals surface area contributed by atoms with E-state index in [1.54, 1.807) is 24.3 Å². The summed E-state index contributed by atoms with van der Waals surface area (Å²) in [4.78, 5) is 10.6. The highest BCUT2D eigenvalue weighted by Crippen LogP contribution is 2.18. The van der Waals surface area contributed by atoms with Crippen molar-refractivity contribution in [2.75, 3.05) is 4.72 Å². The number of anilines is 1. The lowest BCUT2D eigenvalue weighted by Crippen LogP contribution is -2.12. The molecule has 2 aromatic rings. The van der Waals surface area contributed by atoms with E-state index in [0.29, 0.717) is 11.3 Å². The Morgan fingerprint density at radius 3 is 2.22 bits per heavy atom. The molecule has 0 saturated carbocycles. The Kier molecular flexibility index (Phi) is 5.18. The highest BCUT2D eigenvalue weighted by atomic mass is 32.2. The van der Waals surface area contributed by atoms with Crippen LogP contribution in [0.15, 0.2) is 59.5 Å². The third-order valence-electron chi connectivity index (χ3n) is 3.22. The van der Waals surface area contributed by atoms with Crippen molar-refractivity contribution in [1.29, 1.82) is 0 Å². The van der Waals surface area contributed by atoms with E-state index < -0.39 is 16.0 Å². The van der Waals surface area contributed by atoms with Gasteiger partial charge in [-0.25, -0.2) is 13.2 Å². The van der Waals surface area contributed by atoms with E-state index in [1.807, 2.05) is 19.1 Å². The largest absolute Gasteiger partial charge is 0.478 e. The molecule has 5 nitrogen and oxygen atoms in total. The normalized spacial score (nSPS) is 11.5. The van der Waals surface area contributed by atoms with Gasteiger partial charge in [-0.1, -0.05) is 31.2 Å². The van der Waals surface area contributed by atoms with Gasteiger partial charge in [-0.3, -0.25) is 4.72 Å². The molecule has 0 aliphatic carbocycles. The number of nitrogens with one attached hydrogen (secondary N) is 1. The zero-order valence-corrected chi connectivity index (χ0v) is 13.4. The second-order valence-electron chi connectivity index (χ2n) is 4.90. The molecule has 2 N–H and O–H groups in total. The molecule has 0 radical (unpaired) electrons. The lowest BCUT2D eigenvalue weighted by molar-refractivity contribution is -0.131. The first-order chi connectivity index (χ1) is 10.9. The number of benzene rings is 2. The first-order valence-corrected chi connectivity index (χ1v) is 8.52. The van der Waals surface area contributed by atoms with Crippen LogP contribution < -0.4 is 4.72 Å². The average molecular weight is 331 g/mol. The maximum atomic E-state index is 12.3. The van der Waals surface area contributed by atoms with Crippen LogP contribution in [0.4, 0.5) is 5.69 Å². The molecule has 2 aromatic carbocycles. The summed E-state index contributed by atoms with van der Waals surface area (Å²) in [7, 11) is -3.67. The topological polar surface area (TPSA) is 83.5 Å². The summed E-state index contributed by atoms with van der Waals surface area (Å²) in [5.41, 5.74) is 2.23. The summed E-state index contributed by atoms with van der Waals surface area (Å²) >= 11 is 0. The summed E-state index contributed by atoms with van der Waals surface area (Å²) < 4.78 is 27.1. The lowest BCUT2D eigenvalue weighted by Gasteiger charge is -2.09. The van der Waals surface area contributed by atoms with Crippen LogP contribution in [0.5, 0.6) is 0 Å². The number of sulfonamides is 1. The Hall–Kier alpha value is -2.60. The molecule has 0 atom stereocenters. The van der Waals surface area contributed by atoms with Crippen LogP contribution in [0.2, 0.25) is 0 Å². The fraction of sp³-hybridized carbons (Fsp3) is 0.118. The average Bonchev–Trinajstić information content (AvgIpc) is 2.53. The van der Waals surface area contributed by atoms with E-state index in [9.17, 15) is 13.2 Å². The van der Waals surface area contributed by atoms with E-state index in [4.69, 9.17) is 5.11 Å². The van der Waals surface area contributed by atoms with Crippen molar-refractivity contribution in [2.45, 2.75) is 18.2 Å². The first kappa shape index (κ1) is 16.8. The Labute approximate surface area is 135 Å². The smallest absolute Gasteiger partial charge is 0.328 e. The molecule has 0 unspecified atom stereocenters. The van der Waals surface area contributed by atoms with Gasteiger partial charge in [0.25, 0.3) is 10.0 Å². The summed E-state index contributed by atoms with van der Waals surface area (Å²) in [6, 6.07) is 13.2. The lowest BCUT2D eigenvalue weighted by atomic mass is 10.2. The van der Waals surface area contributed by atoms with Gasteiger partial charge in [-0.15, -0.1) is 0 Å². The predicted molar refractivity (Wildman–Crippen MR) is 89.7 cm³/mol. The number of carbonyl (C=O) groups is 1. The number of carboxylic acid groups (broad SMARTS) is 1. The van der Waals surface area contributed by atoms with Crippen molar-refractivity contribution in [3.8, 4) is 0 Å². The van der Waals surface area contributed by atoms with Crippen LogP contribution in [0.1, 0.15) is 18.1 Å². The van der Waals surface area contributed by atoms with E-state index in [0.717, 1.165) is 18.1 Å². The fourth-order valence-electron chi connectivity index (χ4n) is 1.95. The SMILES string of the molecule is CCc1ccc(NS(=O)(=O)c2ccc(C=CC(=O)O)cc2)cc1. The molecular formula is C17H17NO4S. The van der Waals surface area contributed by atoms with Crippen molar-refractivity contribution < 1.29 is 18.3 Å². The van der Waals surface area contributed by atoms with Crippen LogP contribution in [-0.4, -0.2) is 19.5 Å². The Morgan fingerprint density at radius 1 is 1.09 bits per heavy atom. The Morgan fingerprint density at radius 2 is 1.70 bits per heavy atom. The summed E-state index contributed by atoms with van der Waals surface area (Å²) in [6.07, 6.45) is 3.28. The summed E-state index contributed by atoms with van der Waals surface area (Å²) in [6.45, 7) is 2.03. The van der Waals surface area contributed by atoms with Crippen molar-refractivity contribution >= 4 is 27.8 Å². The van der Waals surface area contributed by atoms with Gasteiger partial charge in [0.05, 0.1) is 4.90 Å².